The highest BCUT2D eigenvalue weighted by Gasteiger charge is 2.42. The molecule has 258 valence electrons. The van der Waals surface area contributed by atoms with Crippen LogP contribution < -0.4 is 5.48 Å². The molecule has 0 radical (unpaired) electrons. The summed E-state index contributed by atoms with van der Waals surface area (Å²) in [5.74, 6) is 1.50. The van der Waals surface area contributed by atoms with Crippen molar-refractivity contribution in [2.45, 2.75) is 206 Å². The second kappa shape index (κ2) is 32.4. The van der Waals surface area contributed by atoms with Gasteiger partial charge in [0.05, 0.1) is 0 Å². The molecule has 0 saturated carbocycles. The Morgan fingerprint density at radius 1 is 0.605 bits per heavy atom. The van der Waals surface area contributed by atoms with Gasteiger partial charge in [-0.05, 0) is 37.4 Å². The Kier molecular flexibility index (Phi) is 31.2. The van der Waals surface area contributed by atoms with Crippen molar-refractivity contribution >= 4 is 21.4 Å². The fraction of sp³-hybridized carbons (Fsp3) is 1.00. The minimum absolute atomic E-state index is 0.645. The van der Waals surface area contributed by atoms with Crippen molar-refractivity contribution in [2.24, 2.45) is 5.92 Å². The smallest absolute Gasteiger partial charge is 0.373 e. The Hall–Kier alpha value is 0.407. The molecule has 0 spiro atoms. The topological polar surface area (TPSA) is 39.7 Å². The van der Waals surface area contributed by atoms with Crippen LogP contribution in [0, 0.1) is 5.92 Å². The molecular formula is C37H77NO3SSi. The molecule has 4 nitrogen and oxygen atoms in total. The molecule has 1 fully saturated rings. The van der Waals surface area contributed by atoms with Crippen LogP contribution in [0.4, 0.5) is 0 Å². The summed E-state index contributed by atoms with van der Waals surface area (Å²) in [5.41, 5.74) is 3.32. The first kappa shape index (κ1) is 41.4. The van der Waals surface area contributed by atoms with E-state index < -0.39 is 8.80 Å². The lowest BCUT2D eigenvalue weighted by Crippen LogP contribution is -2.52. The molecule has 0 bridgehead atoms. The van der Waals surface area contributed by atoms with Crippen LogP contribution >= 0.6 is 12.6 Å². The van der Waals surface area contributed by atoms with Gasteiger partial charge in [-0.15, -0.1) is 0 Å². The van der Waals surface area contributed by atoms with Gasteiger partial charge < -0.3 is 8.85 Å². The second-order valence-corrected chi connectivity index (χ2v) is 16.7. The lowest BCUT2D eigenvalue weighted by molar-refractivity contribution is -0.00441. The minimum Gasteiger partial charge on any atom is -0.373 e. The van der Waals surface area contributed by atoms with E-state index in [0.29, 0.717) is 5.92 Å². The van der Waals surface area contributed by atoms with E-state index in [2.05, 4.69) is 32.0 Å². The van der Waals surface area contributed by atoms with Gasteiger partial charge in [0.2, 0.25) is 0 Å². The number of nitrogens with one attached hydrogen (secondary N) is 1. The van der Waals surface area contributed by atoms with E-state index in [-0.39, 0.29) is 0 Å². The first-order chi connectivity index (χ1) is 21.3. The van der Waals surface area contributed by atoms with Crippen molar-refractivity contribution in [1.82, 2.24) is 5.48 Å². The first-order valence-electron chi connectivity index (χ1n) is 19.6. The maximum absolute atomic E-state index is 6.43. The molecule has 1 rings (SSSR count). The van der Waals surface area contributed by atoms with Crippen molar-refractivity contribution in [2.75, 3.05) is 25.5 Å². The summed E-state index contributed by atoms with van der Waals surface area (Å²) in [6.07, 6.45) is 39.6. The zero-order valence-electron chi connectivity index (χ0n) is 29.3. The number of thiol groups is 1. The normalized spacial score (nSPS) is 19.5. The highest BCUT2D eigenvalue weighted by molar-refractivity contribution is 7.80. The molecule has 0 aromatic carbocycles. The van der Waals surface area contributed by atoms with Crippen LogP contribution in [0.3, 0.4) is 0 Å². The van der Waals surface area contributed by atoms with Gasteiger partial charge in [-0.2, -0.15) is 12.6 Å². The van der Waals surface area contributed by atoms with Crippen LogP contribution in [0.25, 0.3) is 0 Å². The highest BCUT2D eigenvalue weighted by Crippen LogP contribution is 2.24. The third-order valence-electron chi connectivity index (χ3n) is 9.37. The van der Waals surface area contributed by atoms with Gasteiger partial charge in [0.1, 0.15) is 0 Å². The summed E-state index contributed by atoms with van der Waals surface area (Å²) in [5, 5.41) is 0. The van der Waals surface area contributed by atoms with E-state index in [0.717, 1.165) is 50.8 Å². The van der Waals surface area contributed by atoms with Gasteiger partial charge >= 0.3 is 8.80 Å². The van der Waals surface area contributed by atoms with Gasteiger partial charge in [-0.1, -0.05) is 174 Å². The Labute approximate surface area is 277 Å². The largest absolute Gasteiger partial charge is 0.517 e. The molecule has 1 N–H and O–H groups in total. The van der Waals surface area contributed by atoms with Crippen LogP contribution in [0.5, 0.6) is 0 Å². The molecule has 2 atom stereocenters. The summed E-state index contributed by atoms with van der Waals surface area (Å²) >= 11 is 4.45. The number of hydrogen-bond donors (Lipinski definition) is 2. The third kappa shape index (κ3) is 26.2. The zero-order valence-corrected chi connectivity index (χ0v) is 31.2. The molecular weight excluding hydrogens is 567 g/mol. The quantitative estimate of drug-likeness (QED) is 0.0435. The molecule has 1 saturated heterocycles. The summed E-state index contributed by atoms with van der Waals surface area (Å²) < 4.78 is 19.1. The van der Waals surface area contributed by atoms with Crippen LogP contribution in [-0.4, -0.2) is 34.3 Å². The molecule has 43 heavy (non-hydrogen) atoms. The number of hydroxylamine groups is 1. The van der Waals surface area contributed by atoms with E-state index in [1.54, 1.807) is 0 Å². The summed E-state index contributed by atoms with van der Waals surface area (Å²) in [4.78, 5) is 0. The Bertz CT molecular complexity index is 546. The predicted octanol–water partition coefficient (Wildman–Crippen LogP) is 12.4. The van der Waals surface area contributed by atoms with Crippen molar-refractivity contribution < 1.29 is 13.4 Å². The van der Waals surface area contributed by atoms with Crippen LogP contribution in [0.2, 0.25) is 6.04 Å². The average molecular weight is 644 g/mol. The van der Waals surface area contributed by atoms with E-state index in [1.807, 2.05) is 0 Å². The third-order valence-corrected chi connectivity index (χ3v) is 12.4. The van der Waals surface area contributed by atoms with Gasteiger partial charge in [0.15, 0.2) is 0 Å². The summed E-state index contributed by atoms with van der Waals surface area (Å²) in [6.45, 7) is 7.07. The first-order valence-corrected chi connectivity index (χ1v) is 22.1. The van der Waals surface area contributed by atoms with Gasteiger partial charge in [0.25, 0.3) is 0 Å². The fourth-order valence-electron chi connectivity index (χ4n) is 6.39. The average Bonchev–Trinajstić information content (AvgIpc) is 3.00. The number of hydrogen-bond acceptors (Lipinski definition) is 5. The van der Waals surface area contributed by atoms with Gasteiger partial charge in [-0.25, -0.2) is 5.48 Å². The fourth-order valence-corrected chi connectivity index (χ4v) is 9.23. The predicted molar refractivity (Wildman–Crippen MR) is 194 cm³/mol. The lowest BCUT2D eigenvalue weighted by Gasteiger charge is -2.33. The van der Waals surface area contributed by atoms with E-state index in [9.17, 15) is 0 Å². The molecule has 1 aliphatic heterocycles. The molecule has 0 aliphatic carbocycles. The molecule has 2 unspecified atom stereocenters. The van der Waals surface area contributed by atoms with Gasteiger partial charge in [0, 0.05) is 25.8 Å². The Balaban J connectivity index is 2.05. The molecule has 0 amide bonds. The van der Waals surface area contributed by atoms with E-state index >= 15 is 0 Å². The molecule has 6 heteroatoms. The number of unbranched alkanes of at least 4 members (excludes halogenated alkanes) is 24. The van der Waals surface area contributed by atoms with Crippen molar-refractivity contribution in [3.63, 3.8) is 0 Å². The Morgan fingerprint density at radius 3 is 1.51 bits per heavy atom. The molecule has 0 aromatic heterocycles. The van der Waals surface area contributed by atoms with Crippen molar-refractivity contribution in [1.29, 1.82) is 0 Å². The van der Waals surface area contributed by atoms with Gasteiger partial charge in [-0.3, -0.25) is 4.53 Å². The van der Waals surface area contributed by atoms with Crippen LogP contribution in [0.1, 0.15) is 200 Å². The number of rotatable bonds is 32. The SMILES string of the molecule is CCCCCCCCCCCCCCCCCCO[Si]1(CCCS)OCCC(CCCCCCCCCCCC)CNO1. The standard InChI is InChI=1S/C37H77NO3SSi/c1-3-5-7-9-11-13-15-16-17-18-19-20-22-24-26-28-32-39-43(35-29-34-42)40-33-31-37(36-38-41-43)30-27-25-23-21-14-12-10-8-6-4-2/h37-38,42H,3-36H2,1-2H3. The maximum atomic E-state index is 6.43. The Morgan fingerprint density at radius 2 is 1.05 bits per heavy atom. The second-order valence-electron chi connectivity index (χ2n) is 13.6. The van der Waals surface area contributed by atoms with E-state index in [1.165, 1.54) is 167 Å². The molecule has 0 aromatic rings. The van der Waals surface area contributed by atoms with Crippen molar-refractivity contribution in [3.05, 3.63) is 0 Å². The maximum Gasteiger partial charge on any atom is 0.517 e. The molecule has 1 aliphatic rings. The van der Waals surface area contributed by atoms with Crippen LogP contribution in [0.15, 0.2) is 0 Å². The van der Waals surface area contributed by atoms with E-state index in [4.69, 9.17) is 13.4 Å². The molecule has 1 heterocycles. The minimum atomic E-state index is -2.65. The monoisotopic (exact) mass is 644 g/mol. The lowest BCUT2D eigenvalue weighted by atomic mass is 9.97. The summed E-state index contributed by atoms with van der Waals surface area (Å²) in [7, 11) is -2.65. The van der Waals surface area contributed by atoms with Crippen molar-refractivity contribution in [3.8, 4) is 0 Å². The van der Waals surface area contributed by atoms with Crippen LogP contribution in [-0.2, 0) is 13.4 Å². The zero-order chi connectivity index (χ0) is 30.9. The summed E-state index contributed by atoms with van der Waals surface area (Å²) in [6, 6.07) is 0.867. The highest BCUT2D eigenvalue weighted by atomic mass is 32.1.